The smallest absolute Gasteiger partial charge is 0.245 e. The van der Waals surface area contributed by atoms with Gasteiger partial charge in [0.05, 0.1) is 12.2 Å². The van der Waals surface area contributed by atoms with Gasteiger partial charge in [0.15, 0.2) is 0 Å². The first-order valence-electron chi connectivity index (χ1n) is 28.8. The maximum atomic E-state index is 14.4. The number of carbonyl (C=O) groups is 11. The molecule has 0 radical (unpaired) electrons. The van der Waals surface area contributed by atoms with Gasteiger partial charge in [-0.15, -0.1) is 0 Å². The lowest BCUT2D eigenvalue weighted by molar-refractivity contribution is -0.137. The number of amides is 11. The number of aliphatic hydroxyl groups excluding tert-OH is 2. The Bertz CT molecular complexity index is 2240. The van der Waals surface area contributed by atoms with Crippen molar-refractivity contribution >= 4 is 65.0 Å². The Hall–Kier alpha value is -6.81. The number of nitrogens with one attached hydrogen (secondary N) is 11. The highest BCUT2D eigenvalue weighted by Gasteiger charge is 2.37. The second-order valence-electron chi connectivity index (χ2n) is 21.1. The van der Waals surface area contributed by atoms with Crippen molar-refractivity contribution in [1.82, 2.24) is 58.5 Å². The molecule has 82 heavy (non-hydrogen) atoms. The van der Waals surface area contributed by atoms with Crippen LogP contribution in [0.15, 0.2) is 30.3 Å². The van der Waals surface area contributed by atoms with Crippen LogP contribution in [0.25, 0.3) is 0 Å². The van der Waals surface area contributed by atoms with Crippen molar-refractivity contribution in [1.29, 1.82) is 0 Å². The van der Waals surface area contributed by atoms with Crippen LogP contribution < -0.4 is 75.7 Å². The summed E-state index contributed by atoms with van der Waals surface area (Å²) in [5, 5.41) is 49.8. The number of rotatable bonds is 27. The van der Waals surface area contributed by atoms with E-state index in [0.29, 0.717) is 12.0 Å². The van der Waals surface area contributed by atoms with Crippen molar-refractivity contribution in [3.8, 4) is 0 Å². The van der Waals surface area contributed by atoms with Gasteiger partial charge in [-0.3, -0.25) is 52.7 Å². The molecule has 0 unspecified atom stereocenters. The summed E-state index contributed by atoms with van der Waals surface area (Å²) < 4.78 is 0. The van der Waals surface area contributed by atoms with Crippen LogP contribution in [-0.4, -0.2) is 174 Å². The molecule has 11 amide bonds. The predicted octanol–water partition coefficient (Wildman–Crippen LogP) is -3.37. The Labute approximate surface area is 481 Å². The Morgan fingerprint density at radius 1 is 0.585 bits per heavy atom. The second-order valence-corrected chi connectivity index (χ2v) is 21.1. The van der Waals surface area contributed by atoms with Crippen molar-refractivity contribution in [3.05, 3.63) is 35.9 Å². The Morgan fingerprint density at radius 3 is 1.66 bits per heavy atom. The van der Waals surface area contributed by atoms with Crippen LogP contribution in [0.1, 0.15) is 138 Å². The minimum Gasteiger partial charge on any atom is -0.391 e. The third-order valence-electron chi connectivity index (χ3n) is 13.6. The van der Waals surface area contributed by atoms with Crippen molar-refractivity contribution in [2.45, 2.75) is 211 Å². The first-order chi connectivity index (χ1) is 38.9. The summed E-state index contributed by atoms with van der Waals surface area (Å²) in [6, 6.07) is -5.56. The first kappa shape index (κ1) is 71.3. The van der Waals surface area contributed by atoms with Gasteiger partial charge in [-0.05, 0) is 96.3 Å². The van der Waals surface area contributed by atoms with Crippen molar-refractivity contribution < 1.29 is 63.0 Å². The Morgan fingerprint density at radius 2 is 1.11 bits per heavy atom. The lowest BCUT2D eigenvalue weighted by Gasteiger charge is -2.28. The zero-order valence-electron chi connectivity index (χ0n) is 48.7. The van der Waals surface area contributed by atoms with E-state index in [9.17, 15) is 63.0 Å². The molecule has 1 aromatic carbocycles. The SMILES string of the molecule is CCCCCCCC(=O)N[C@@H](CCN)C(=O)N[C@H](C(=O)N[C@@H](CCN)C(=O)N[C@H]1CCNC(=O)[C@H]([C@@H](C)O)NC(=O)[C@H](CCN)NC(=O)[C@H](CC)NC(=O)[C@H](CC(C)C)NC(=O)[C@H](Cc2ccccc2)NC(=O)[C@H](CC)NC1=O)[C@@H](C)O. The fraction of sp³-hybridized carbons (Fsp3) is 0.691. The number of aliphatic hydroxyl groups is 2. The molecule has 462 valence electrons. The molecule has 1 aliphatic heterocycles. The van der Waals surface area contributed by atoms with Crippen LogP contribution in [0, 0.1) is 5.92 Å². The molecule has 19 N–H and O–H groups in total. The third-order valence-corrected chi connectivity index (χ3v) is 13.6. The minimum atomic E-state index is -1.68. The zero-order chi connectivity index (χ0) is 61.5. The summed E-state index contributed by atoms with van der Waals surface area (Å²) in [7, 11) is 0. The van der Waals surface area contributed by atoms with E-state index in [0.717, 1.165) is 25.7 Å². The summed E-state index contributed by atoms with van der Waals surface area (Å²) in [6.45, 7) is 10.5. The number of nitrogens with two attached hydrogens (primary N) is 3. The maximum Gasteiger partial charge on any atom is 0.245 e. The van der Waals surface area contributed by atoms with Gasteiger partial charge in [0.2, 0.25) is 65.0 Å². The summed E-state index contributed by atoms with van der Waals surface area (Å²) >= 11 is 0. The molecular weight excluding hydrogens is 1060 g/mol. The van der Waals surface area contributed by atoms with Gasteiger partial charge < -0.3 is 85.9 Å². The summed E-state index contributed by atoms with van der Waals surface area (Å²) in [4.78, 5) is 153. The number of hydrogen-bond donors (Lipinski definition) is 16. The molecule has 0 bridgehead atoms. The van der Waals surface area contributed by atoms with Gasteiger partial charge in [-0.2, -0.15) is 0 Å². The molecule has 12 atom stereocenters. The number of carbonyl (C=O) groups excluding carboxylic acids is 11. The van der Waals surface area contributed by atoms with Gasteiger partial charge in [-0.25, -0.2) is 0 Å². The fourth-order valence-corrected chi connectivity index (χ4v) is 8.86. The molecule has 1 aliphatic rings. The second kappa shape index (κ2) is 38.1. The molecule has 0 spiro atoms. The summed E-state index contributed by atoms with van der Waals surface area (Å²) in [6.07, 6.45) is 0.635. The van der Waals surface area contributed by atoms with Crippen LogP contribution >= 0.6 is 0 Å². The molecule has 1 aromatic rings. The molecule has 0 aliphatic carbocycles. The fourth-order valence-electron chi connectivity index (χ4n) is 8.86. The van der Waals surface area contributed by atoms with Gasteiger partial charge in [0.25, 0.3) is 0 Å². The summed E-state index contributed by atoms with van der Waals surface area (Å²) in [5.74, 6) is -9.47. The molecule has 27 heteroatoms. The first-order valence-corrected chi connectivity index (χ1v) is 28.8. The molecule has 1 saturated heterocycles. The molecule has 0 saturated carbocycles. The largest absolute Gasteiger partial charge is 0.391 e. The standard InChI is InChI=1S/C55H94N14O13/c1-8-11-12-13-17-20-43(72)60-37(21-25-56)50(77)69-45(33(7)71)55(82)65-38(22-26-57)48(75)64-40-24-28-59-54(81)44(32(6)70)68-51(78)39(23-27-58)63-46(73)35(9-2)62-52(79)41(29-31(4)5)66-53(80)42(30-34-18-15-14-16-19-34)67-47(74)36(10-3)61-49(40)76/h14-16,18-19,31-33,35-42,44-45,70-71H,8-13,17,20-30,56-58H2,1-7H3,(H,59,81)(H,60,72)(H,61,76)(H,62,79)(H,63,73)(H,64,75)(H,65,82)(H,66,80)(H,67,74)(H,68,78)(H,69,77)/t32-,33-,35+,36+,37+,38+,39+,40+,41+,42+,44+,45+/m1/s1. The Balaban J connectivity index is 2.64. The average molecular weight is 1160 g/mol. The van der Waals surface area contributed by atoms with E-state index in [2.05, 4.69) is 65.4 Å². The van der Waals surface area contributed by atoms with E-state index in [4.69, 9.17) is 17.2 Å². The van der Waals surface area contributed by atoms with Crippen LogP contribution in [0.4, 0.5) is 0 Å². The monoisotopic (exact) mass is 1160 g/mol. The number of benzene rings is 1. The highest BCUT2D eigenvalue weighted by atomic mass is 16.3. The number of unbranched alkanes of at least 4 members (excludes halogenated alkanes) is 4. The van der Waals surface area contributed by atoms with Crippen LogP contribution in [-0.2, 0) is 59.2 Å². The van der Waals surface area contributed by atoms with Gasteiger partial charge in [0, 0.05) is 19.4 Å². The van der Waals surface area contributed by atoms with E-state index >= 15 is 0 Å². The predicted molar refractivity (Wildman–Crippen MR) is 305 cm³/mol. The lowest BCUT2D eigenvalue weighted by atomic mass is 10.00. The molecule has 1 fully saturated rings. The van der Waals surface area contributed by atoms with Gasteiger partial charge >= 0.3 is 0 Å². The normalized spacial score (nSPS) is 22.9. The molecule has 27 nitrogen and oxygen atoms in total. The van der Waals surface area contributed by atoms with Gasteiger partial charge in [0.1, 0.15) is 60.4 Å². The molecule has 1 heterocycles. The molecular formula is C55H94N14O13. The van der Waals surface area contributed by atoms with Crippen LogP contribution in [0.5, 0.6) is 0 Å². The van der Waals surface area contributed by atoms with E-state index in [1.54, 1.807) is 44.2 Å². The van der Waals surface area contributed by atoms with Crippen molar-refractivity contribution in [3.63, 3.8) is 0 Å². The van der Waals surface area contributed by atoms with Gasteiger partial charge in [-0.1, -0.05) is 90.6 Å². The Kier molecular flexibility index (Phi) is 33.1. The number of hydrogen-bond acceptors (Lipinski definition) is 16. The van der Waals surface area contributed by atoms with E-state index in [1.807, 2.05) is 13.8 Å². The van der Waals surface area contributed by atoms with Crippen LogP contribution in [0.2, 0.25) is 0 Å². The average Bonchev–Trinajstić information content (AvgIpc) is 3.43. The highest BCUT2D eigenvalue weighted by Crippen LogP contribution is 2.12. The highest BCUT2D eigenvalue weighted by molar-refractivity contribution is 5.99. The molecule has 2 rings (SSSR count). The zero-order valence-corrected chi connectivity index (χ0v) is 48.7. The van der Waals surface area contributed by atoms with Crippen molar-refractivity contribution in [2.75, 3.05) is 26.2 Å². The maximum absolute atomic E-state index is 14.4. The van der Waals surface area contributed by atoms with E-state index in [-0.39, 0.29) is 76.9 Å². The summed E-state index contributed by atoms with van der Waals surface area (Å²) in [5.41, 5.74) is 18.1. The molecule has 0 aromatic heterocycles. The van der Waals surface area contributed by atoms with Crippen molar-refractivity contribution in [2.24, 2.45) is 23.1 Å². The quantitative estimate of drug-likeness (QED) is 0.0383. The minimum absolute atomic E-state index is 0.00451. The lowest BCUT2D eigenvalue weighted by Crippen LogP contribution is -2.62. The third kappa shape index (κ3) is 25.1. The van der Waals surface area contributed by atoms with E-state index in [1.165, 1.54) is 13.8 Å². The van der Waals surface area contributed by atoms with Crippen LogP contribution in [0.3, 0.4) is 0 Å². The van der Waals surface area contributed by atoms with E-state index < -0.39 is 151 Å². The topological polar surface area (TPSA) is 439 Å².